The molecule has 3 unspecified atom stereocenters. The second kappa shape index (κ2) is 15.1. The van der Waals surface area contributed by atoms with E-state index in [1.165, 1.54) is 12.1 Å². The predicted molar refractivity (Wildman–Crippen MR) is 163 cm³/mol. The first-order valence-corrected chi connectivity index (χ1v) is 15.4. The standard InChI is InChI=1S/C31H39Cl2F3N4O3/c1-20(19-43-2)38-18-21-15-22(31(34,35)36)6-9-28(21)39-11-13-40(14-12-39)29(41)17-25(24-8-7-23(32)16-26(24)33)30(42)27-5-3-4-10-37-27/h6-9,15-16,20,25,27,37-38H,3-5,10-14,17-19H2,1-2H3. The lowest BCUT2D eigenvalue weighted by Crippen LogP contribution is -2.50. The quantitative estimate of drug-likeness (QED) is 0.329. The lowest BCUT2D eigenvalue weighted by atomic mass is 9.85. The van der Waals surface area contributed by atoms with Crippen LogP contribution < -0.4 is 15.5 Å². The number of piperazine rings is 1. The molecule has 1 amide bonds. The van der Waals surface area contributed by atoms with E-state index in [9.17, 15) is 22.8 Å². The fourth-order valence-corrected chi connectivity index (χ4v) is 6.33. The first kappa shape index (κ1) is 33.5. The van der Waals surface area contributed by atoms with Gasteiger partial charge in [-0.15, -0.1) is 0 Å². The molecule has 0 aromatic heterocycles. The third-order valence-corrected chi connectivity index (χ3v) is 8.71. The van der Waals surface area contributed by atoms with E-state index in [-0.39, 0.29) is 36.7 Å². The number of ether oxygens (including phenoxy) is 1. The summed E-state index contributed by atoms with van der Waals surface area (Å²) in [5.74, 6) is -0.935. The highest BCUT2D eigenvalue weighted by Gasteiger charge is 2.35. The van der Waals surface area contributed by atoms with Crippen LogP contribution in [0.25, 0.3) is 0 Å². The number of methoxy groups -OCH3 is 1. The van der Waals surface area contributed by atoms with Crippen molar-refractivity contribution < 1.29 is 27.5 Å². The highest BCUT2D eigenvalue weighted by Crippen LogP contribution is 2.35. The summed E-state index contributed by atoms with van der Waals surface area (Å²) in [6.07, 6.45) is -1.83. The van der Waals surface area contributed by atoms with Gasteiger partial charge < -0.3 is 25.2 Å². The number of ketones is 1. The number of carbonyl (C=O) groups excluding carboxylic acids is 2. The first-order chi connectivity index (χ1) is 20.5. The smallest absolute Gasteiger partial charge is 0.383 e. The average molecular weight is 644 g/mol. The van der Waals surface area contributed by atoms with Crippen LogP contribution in [-0.2, 0) is 27.0 Å². The summed E-state index contributed by atoms with van der Waals surface area (Å²) in [7, 11) is 1.57. The number of carbonyl (C=O) groups is 2. The van der Waals surface area contributed by atoms with Gasteiger partial charge in [0.25, 0.3) is 0 Å². The number of alkyl halides is 3. The van der Waals surface area contributed by atoms with Crippen LogP contribution in [0, 0.1) is 0 Å². The second-order valence-electron chi connectivity index (χ2n) is 11.3. The van der Waals surface area contributed by atoms with Crippen LogP contribution in [0.15, 0.2) is 36.4 Å². The van der Waals surface area contributed by atoms with Crippen LogP contribution in [0.3, 0.4) is 0 Å². The number of piperidine rings is 1. The molecule has 2 aliphatic heterocycles. The number of hydrogen-bond donors (Lipinski definition) is 2. The number of hydrogen-bond acceptors (Lipinski definition) is 6. The Hall–Kier alpha value is -2.37. The van der Waals surface area contributed by atoms with E-state index in [1.807, 2.05) is 11.8 Å². The van der Waals surface area contributed by atoms with Gasteiger partial charge in [0.15, 0.2) is 5.78 Å². The molecule has 4 rings (SSSR count). The topological polar surface area (TPSA) is 73.9 Å². The fraction of sp³-hybridized carbons (Fsp3) is 0.548. The van der Waals surface area contributed by atoms with Gasteiger partial charge in [0.1, 0.15) is 0 Å². The molecule has 2 aromatic carbocycles. The zero-order valence-electron chi connectivity index (χ0n) is 24.5. The number of benzene rings is 2. The normalized spacial score (nSPS) is 19.3. The van der Waals surface area contributed by atoms with Crippen LogP contribution in [-0.4, -0.2) is 75.1 Å². The number of halogens is 5. The van der Waals surface area contributed by atoms with Gasteiger partial charge >= 0.3 is 6.18 Å². The highest BCUT2D eigenvalue weighted by atomic mass is 35.5. The SMILES string of the molecule is COCC(C)NCc1cc(C(F)(F)F)ccc1N1CCN(C(=O)CC(C(=O)C2CCCCN2)c2ccc(Cl)cc2Cl)CC1. The Bertz CT molecular complexity index is 1270. The molecule has 3 atom stereocenters. The van der Waals surface area contributed by atoms with Crippen molar-refractivity contribution in [1.29, 1.82) is 0 Å². The molecule has 43 heavy (non-hydrogen) atoms. The van der Waals surface area contributed by atoms with Crippen LogP contribution in [0.4, 0.5) is 18.9 Å². The minimum atomic E-state index is -4.45. The number of rotatable bonds is 11. The number of amides is 1. The number of nitrogens with one attached hydrogen (secondary N) is 2. The van der Waals surface area contributed by atoms with Crippen LogP contribution in [0.1, 0.15) is 55.2 Å². The third kappa shape index (κ3) is 8.85. The van der Waals surface area contributed by atoms with Gasteiger partial charge in [0, 0.05) is 68.0 Å². The Morgan fingerprint density at radius 3 is 2.47 bits per heavy atom. The number of Topliss-reactive ketones (excluding diaryl/α,β-unsaturated/α-hetero) is 1. The molecule has 2 fully saturated rings. The van der Waals surface area contributed by atoms with E-state index in [1.54, 1.807) is 30.2 Å². The van der Waals surface area contributed by atoms with Gasteiger partial charge in [-0.25, -0.2) is 0 Å². The Kier molecular flexibility index (Phi) is 11.8. The van der Waals surface area contributed by atoms with Gasteiger partial charge in [0.05, 0.1) is 24.1 Å². The molecule has 236 valence electrons. The van der Waals surface area contributed by atoms with Gasteiger partial charge in [-0.3, -0.25) is 9.59 Å². The molecule has 0 saturated carbocycles. The summed E-state index contributed by atoms with van der Waals surface area (Å²) in [4.78, 5) is 30.9. The van der Waals surface area contributed by atoms with E-state index >= 15 is 0 Å². The van der Waals surface area contributed by atoms with Crippen molar-refractivity contribution in [2.45, 2.75) is 63.3 Å². The van der Waals surface area contributed by atoms with E-state index in [2.05, 4.69) is 10.6 Å². The van der Waals surface area contributed by atoms with Crippen molar-refractivity contribution in [1.82, 2.24) is 15.5 Å². The molecule has 0 aliphatic carbocycles. The Morgan fingerprint density at radius 1 is 1.09 bits per heavy atom. The summed E-state index contributed by atoms with van der Waals surface area (Å²) < 4.78 is 45.7. The zero-order chi connectivity index (χ0) is 31.1. The molecular formula is C31H39Cl2F3N4O3. The molecule has 2 heterocycles. The van der Waals surface area contributed by atoms with Crippen molar-refractivity contribution >= 4 is 40.6 Å². The molecule has 0 radical (unpaired) electrons. The molecule has 7 nitrogen and oxygen atoms in total. The molecule has 12 heteroatoms. The fourth-order valence-electron chi connectivity index (χ4n) is 5.79. The van der Waals surface area contributed by atoms with E-state index < -0.39 is 17.7 Å². The summed E-state index contributed by atoms with van der Waals surface area (Å²) in [5.41, 5.74) is 1.10. The molecule has 2 aliphatic rings. The van der Waals surface area contributed by atoms with E-state index in [0.717, 1.165) is 25.5 Å². The number of nitrogens with zero attached hydrogens (tertiary/aromatic N) is 2. The highest BCUT2D eigenvalue weighted by molar-refractivity contribution is 6.35. The van der Waals surface area contributed by atoms with E-state index in [0.29, 0.717) is 66.1 Å². The second-order valence-corrected chi connectivity index (χ2v) is 12.1. The molecule has 0 spiro atoms. The van der Waals surface area contributed by atoms with Gasteiger partial charge in [0.2, 0.25) is 5.91 Å². The molecule has 0 bridgehead atoms. The molecule has 2 N–H and O–H groups in total. The zero-order valence-corrected chi connectivity index (χ0v) is 26.0. The minimum absolute atomic E-state index is 0.0226. The summed E-state index contributed by atoms with van der Waals surface area (Å²) in [6.45, 7) is 4.97. The Labute approximate surface area is 261 Å². The van der Waals surface area contributed by atoms with Crippen molar-refractivity contribution in [2.24, 2.45) is 0 Å². The molecular weight excluding hydrogens is 604 g/mol. The average Bonchev–Trinajstić information content (AvgIpc) is 2.99. The van der Waals surface area contributed by atoms with E-state index in [4.69, 9.17) is 27.9 Å². The van der Waals surface area contributed by atoms with Crippen LogP contribution >= 0.6 is 23.2 Å². The van der Waals surface area contributed by atoms with Gasteiger partial charge in [-0.1, -0.05) is 35.7 Å². The van der Waals surface area contributed by atoms with Gasteiger partial charge in [-0.2, -0.15) is 13.2 Å². The van der Waals surface area contributed by atoms with Crippen molar-refractivity contribution in [3.63, 3.8) is 0 Å². The maximum Gasteiger partial charge on any atom is 0.416 e. The molecule has 2 aromatic rings. The largest absolute Gasteiger partial charge is 0.416 e. The Morgan fingerprint density at radius 2 is 1.84 bits per heavy atom. The maximum absolute atomic E-state index is 13.7. The summed E-state index contributed by atoms with van der Waals surface area (Å²) >= 11 is 12.6. The summed E-state index contributed by atoms with van der Waals surface area (Å²) in [6, 6.07) is 8.38. The number of anilines is 1. The molecule has 2 saturated heterocycles. The van der Waals surface area contributed by atoms with Gasteiger partial charge in [-0.05, 0) is 67.8 Å². The predicted octanol–water partition coefficient (Wildman–Crippen LogP) is 5.67. The first-order valence-electron chi connectivity index (χ1n) is 14.6. The third-order valence-electron chi connectivity index (χ3n) is 8.15. The van der Waals surface area contributed by atoms with Crippen molar-refractivity contribution in [2.75, 3.05) is 51.3 Å². The maximum atomic E-state index is 13.7. The lowest BCUT2D eigenvalue weighted by molar-refractivity contribution is -0.137. The van der Waals surface area contributed by atoms with Crippen molar-refractivity contribution in [3.05, 3.63) is 63.1 Å². The monoisotopic (exact) mass is 642 g/mol. The Balaban J connectivity index is 1.47. The summed E-state index contributed by atoms with van der Waals surface area (Å²) in [5, 5.41) is 7.31. The lowest BCUT2D eigenvalue weighted by Gasteiger charge is -2.38. The minimum Gasteiger partial charge on any atom is -0.383 e. The van der Waals surface area contributed by atoms with Crippen LogP contribution in [0.5, 0.6) is 0 Å². The van der Waals surface area contributed by atoms with Crippen LogP contribution in [0.2, 0.25) is 10.0 Å². The van der Waals surface area contributed by atoms with Crippen molar-refractivity contribution in [3.8, 4) is 0 Å².